The van der Waals surface area contributed by atoms with Gasteiger partial charge in [-0.15, -0.1) is 11.1 Å². The Balaban J connectivity index is 3.42. The summed E-state index contributed by atoms with van der Waals surface area (Å²) in [6, 6.07) is 0.953. The van der Waals surface area contributed by atoms with Crippen LogP contribution in [0.25, 0.3) is 0 Å². The van der Waals surface area contributed by atoms with Crippen LogP contribution in [-0.2, 0) is 4.43 Å². The molecule has 0 heterocycles. The SMILES string of the molecule is [CH2]CC[Si](C)(Cl)OCCC. The molecular formula is C7H16ClOSi. The molecule has 0 fully saturated rings. The van der Waals surface area contributed by atoms with E-state index in [4.69, 9.17) is 15.5 Å². The van der Waals surface area contributed by atoms with Crippen LogP contribution in [0.5, 0.6) is 0 Å². The molecule has 1 nitrogen and oxygen atoms in total. The van der Waals surface area contributed by atoms with Crippen molar-refractivity contribution < 1.29 is 4.43 Å². The molecule has 0 saturated heterocycles. The van der Waals surface area contributed by atoms with Crippen LogP contribution in [0.1, 0.15) is 19.8 Å². The summed E-state index contributed by atoms with van der Waals surface area (Å²) in [5.41, 5.74) is 0. The summed E-state index contributed by atoms with van der Waals surface area (Å²) >= 11 is 6.09. The Hall–Kier alpha value is 0.467. The summed E-state index contributed by atoms with van der Waals surface area (Å²) in [6.07, 6.45) is 1.93. The van der Waals surface area contributed by atoms with Crippen LogP contribution in [0.2, 0.25) is 12.6 Å². The topological polar surface area (TPSA) is 9.23 Å². The van der Waals surface area contributed by atoms with Crippen LogP contribution in [0, 0.1) is 6.92 Å². The molecule has 0 aliphatic heterocycles. The normalized spacial score (nSPS) is 16.8. The highest BCUT2D eigenvalue weighted by molar-refractivity contribution is 7.16. The molecule has 0 N–H and O–H groups in total. The monoisotopic (exact) mass is 179 g/mol. The Morgan fingerprint density at radius 3 is 2.60 bits per heavy atom. The lowest BCUT2D eigenvalue weighted by molar-refractivity contribution is 0.315. The lowest BCUT2D eigenvalue weighted by Gasteiger charge is -2.18. The highest BCUT2D eigenvalue weighted by atomic mass is 35.6. The average Bonchev–Trinajstić information content (AvgIpc) is 1.84. The van der Waals surface area contributed by atoms with Gasteiger partial charge < -0.3 is 4.43 Å². The van der Waals surface area contributed by atoms with Gasteiger partial charge in [0, 0.05) is 6.61 Å². The van der Waals surface area contributed by atoms with E-state index in [2.05, 4.69) is 13.8 Å². The zero-order valence-corrected chi connectivity index (χ0v) is 8.58. The van der Waals surface area contributed by atoms with Gasteiger partial charge in [-0.1, -0.05) is 20.3 Å². The van der Waals surface area contributed by atoms with E-state index in [-0.39, 0.29) is 0 Å². The Kier molecular flexibility index (Phi) is 5.40. The molecule has 0 saturated carbocycles. The Morgan fingerprint density at radius 1 is 1.60 bits per heavy atom. The van der Waals surface area contributed by atoms with Gasteiger partial charge in [-0.25, -0.2) is 0 Å². The van der Waals surface area contributed by atoms with Crippen LogP contribution >= 0.6 is 11.1 Å². The first kappa shape index (κ1) is 10.5. The second kappa shape index (κ2) is 5.16. The standard InChI is InChI=1S/C7H16ClOSi/c1-4-6-9-10(3,8)7-5-2/h2,4-7H2,1,3H3. The number of rotatable bonds is 5. The minimum atomic E-state index is -1.81. The third kappa shape index (κ3) is 5.27. The van der Waals surface area contributed by atoms with E-state index >= 15 is 0 Å². The van der Waals surface area contributed by atoms with E-state index in [1.807, 2.05) is 6.55 Å². The van der Waals surface area contributed by atoms with Crippen molar-refractivity contribution in [2.45, 2.75) is 32.4 Å². The van der Waals surface area contributed by atoms with E-state index in [1.165, 1.54) is 0 Å². The van der Waals surface area contributed by atoms with Gasteiger partial charge in [0.2, 0.25) is 0 Å². The molecule has 3 heteroatoms. The predicted octanol–water partition coefficient (Wildman–Crippen LogP) is 2.95. The van der Waals surface area contributed by atoms with Gasteiger partial charge >= 0.3 is 0 Å². The van der Waals surface area contributed by atoms with Crippen LogP contribution < -0.4 is 0 Å². The van der Waals surface area contributed by atoms with Crippen molar-refractivity contribution >= 4 is 18.7 Å². The number of halogens is 1. The smallest absolute Gasteiger partial charge is 0.286 e. The largest absolute Gasteiger partial charge is 0.403 e. The lowest BCUT2D eigenvalue weighted by Crippen LogP contribution is -2.27. The predicted molar refractivity (Wildman–Crippen MR) is 48.5 cm³/mol. The first-order valence-corrected chi connectivity index (χ1v) is 7.37. The fourth-order valence-corrected chi connectivity index (χ4v) is 2.74. The van der Waals surface area contributed by atoms with Crippen molar-refractivity contribution in [2.75, 3.05) is 6.61 Å². The third-order valence-electron chi connectivity index (χ3n) is 1.23. The number of hydrogen-bond acceptors (Lipinski definition) is 1. The molecule has 0 aliphatic carbocycles. The van der Waals surface area contributed by atoms with Crippen molar-refractivity contribution in [3.8, 4) is 0 Å². The number of hydrogen-bond donors (Lipinski definition) is 0. The third-order valence-corrected chi connectivity index (χ3v) is 4.18. The summed E-state index contributed by atoms with van der Waals surface area (Å²) in [7, 11) is -1.81. The summed E-state index contributed by atoms with van der Waals surface area (Å²) in [4.78, 5) is 0. The van der Waals surface area contributed by atoms with E-state index in [0.29, 0.717) is 0 Å². The molecule has 1 radical (unpaired) electrons. The quantitative estimate of drug-likeness (QED) is 0.466. The molecule has 0 bridgehead atoms. The summed E-state index contributed by atoms with van der Waals surface area (Å²) < 4.78 is 5.48. The van der Waals surface area contributed by atoms with Crippen LogP contribution in [0.3, 0.4) is 0 Å². The maximum absolute atomic E-state index is 6.09. The fraction of sp³-hybridized carbons (Fsp3) is 0.857. The molecule has 0 aromatic heterocycles. The van der Waals surface area contributed by atoms with Crippen molar-refractivity contribution in [1.82, 2.24) is 0 Å². The molecule has 0 aromatic rings. The van der Waals surface area contributed by atoms with Crippen molar-refractivity contribution in [1.29, 1.82) is 0 Å². The van der Waals surface area contributed by atoms with Gasteiger partial charge in [0.05, 0.1) is 0 Å². The van der Waals surface area contributed by atoms with E-state index in [9.17, 15) is 0 Å². The average molecular weight is 180 g/mol. The molecule has 0 spiro atoms. The van der Waals surface area contributed by atoms with Gasteiger partial charge in [-0.05, 0) is 19.0 Å². The second-order valence-corrected chi connectivity index (χ2v) is 7.94. The highest BCUT2D eigenvalue weighted by Crippen LogP contribution is 2.18. The fourth-order valence-electron chi connectivity index (χ4n) is 0.703. The highest BCUT2D eigenvalue weighted by Gasteiger charge is 2.23. The molecule has 1 atom stereocenters. The molecule has 1 unspecified atom stereocenters. The van der Waals surface area contributed by atoms with Crippen molar-refractivity contribution in [2.24, 2.45) is 0 Å². The summed E-state index contributed by atoms with van der Waals surface area (Å²) in [5.74, 6) is 0. The van der Waals surface area contributed by atoms with Crippen LogP contribution in [0.4, 0.5) is 0 Å². The summed E-state index contributed by atoms with van der Waals surface area (Å²) in [5, 5.41) is 0. The van der Waals surface area contributed by atoms with Gasteiger partial charge in [0.1, 0.15) is 0 Å². The molecule has 0 rings (SSSR count). The maximum atomic E-state index is 6.09. The maximum Gasteiger partial charge on any atom is 0.286 e. The molecule has 0 aromatic carbocycles. The van der Waals surface area contributed by atoms with Crippen molar-refractivity contribution in [3.63, 3.8) is 0 Å². The molecule has 10 heavy (non-hydrogen) atoms. The van der Waals surface area contributed by atoms with E-state index in [1.54, 1.807) is 0 Å². The van der Waals surface area contributed by atoms with Gasteiger partial charge in [0.25, 0.3) is 7.63 Å². The first-order chi connectivity index (χ1) is 4.62. The minimum absolute atomic E-state index is 0.798. The Labute approximate surface area is 69.6 Å². The molecule has 0 aliphatic rings. The Bertz CT molecular complexity index is 85.7. The van der Waals surface area contributed by atoms with Crippen LogP contribution in [0.15, 0.2) is 0 Å². The summed E-state index contributed by atoms with van der Waals surface area (Å²) in [6.45, 7) is 8.66. The molecular weight excluding hydrogens is 164 g/mol. The van der Waals surface area contributed by atoms with Gasteiger partial charge in [-0.3, -0.25) is 0 Å². The lowest BCUT2D eigenvalue weighted by atomic mass is 10.5. The zero-order chi connectivity index (χ0) is 8.04. The van der Waals surface area contributed by atoms with Crippen LogP contribution in [-0.4, -0.2) is 14.2 Å². The molecule has 61 valence electrons. The Morgan fingerprint density at radius 2 is 2.20 bits per heavy atom. The van der Waals surface area contributed by atoms with E-state index < -0.39 is 7.63 Å². The van der Waals surface area contributed by atoms with Gasteiger partial charge in [0.15, 0.2) is 0 Å². The van der Waals surface area contributed by atoms with Gasteiger partial charge in [-0.2, -0.15) is 0 Å². The van der Waals surface area contributed by atoms with E-state index in [0.717, 1.165) is 25.5 Å². The minimum Gasteiger partial charge on any atom is -0.403 e. The second-order valence-electron chi connectivity index (χ2n) is 2.55. The first-order valence-electron chi connectivity index (χ1n) is 3.74. The molecule has 0 amide bonds. The zero-order valence-electron chi connectivity index (χ0n) is 6.82. The van der Waals surface area contributed by atoms with Crippen molar-refractivity contribution in [3.05, 3.63) is 6.92 Å².